The molecular weight excluding hydrogens is 221 g/mol. The van der Waals surface area contributed by atoms with E-state index in [-0.39, 0.29) is 12.2 Å². The summed E-state index contributed by atoms with van der Waals surface area (Å²) in [6, 6.07) is 1.82. The highest BCUT2D eigenvalue weighted by atomic mass is 19.2. The third kappa shape index (κ3) is 2.54. The molecule has 0 amide bonds. The van der Waals surface area contributed by atoms with Crippen molar-refractivity contribution in [3.8, 4) is 0 Å². The summed E-state index contributed by atoms with van der Waals surface area (Å²) < 4.78 is 43.6. The Kier molecular flexibility index (Phi) is 4.32. The number of aliphatic hydroxyl groups excluding tert-OH is 1. The highest BCUT2D eigenvalue weighted by molar-refractivity contribution is 5.22. The number of aliphatic hydroxyl groups is 1. The molecule has 0 saturated heterocycles. The molecule has 0 aliphatic heterocycles. The van der Waals surface area contributed by atoms with Crippen LogP contribution in [0, 0.1) is 23.4 Å². The van der Waals surface area contributed by atoms with Gasteiger partial charge in [-0.2, -0.15) is 0 Å². The van der Waals surface area contributed by atoms with E-state index in [4.69, 9.17) is 4.74 Å². The van der Waals surface area contributed by atoms with Crippen LogP contribution in [0.25, 0.3) is 0 Å². The van der Waals surface area contributed by atoms with E-state index in [0.717, 1.165) is 12.1 Å². The quantitative estimate of drug-likeness (QED) is 0.811. The van der Waals surface area contributed by atoms with Crippen molar-refractivity contribution in [1.82, 2.24) is 0 Å². The lowest BCUT2D eigenvalue weighted by Crippen LogP contribution is -2.16. The predicted molar refractivity (Wildman–Crippen MR) is 52.3 cm³/mol. The van der Waals surface area contributed by atoms with Gasteiger partial charge in [-0.15, -0.1) is 0 Å². The molecule has 1 aromatic carbocycles. The number of halogens is 3. The van der Waals surface area contributed by atoms with E-state index in [9.17, 15) is 18.3 Å². The normalized spacial score (nSPS) is 14.9. The van der Waals surface area contributed by atoms with Gasteiger partial charge in [0.05, 0.1) is 12.7 Å². The standard InChI is InChI=1S/C11H13F3O2/c1-6(5-16-2)11(15)7-3-4-8(12)10(14)9(7)13/h3-4,6,11,15H,5H2,1-2H3. The van der Waals surface area contributed by atoms with Crippen molar-refractivity contribution in [3.05, 3.63) is 35.1 Å². The van der Waals surface area contributed by atoms with Gasteiger partial charge in [-0.1, -0.05) is 13.0 Å². The third-order valence-electron chi connectivity index (χ3n) is 2.35. The molecule has 2 unspecified atom stereocenters. The molecule has 5 heteroatoms. The van der Waals surface area contributed by atoms with Gasteiger partial charge in [0.25, 0.3) is 0 Å². The zero-order valence-electron chi connectivity index (χ0n) is 9.01. The van der Waals surface area contributed by atoms with Gasteiger partial charge in [-0.25, -0.2) is 13.2 Å². The molecule has 90 valence electrons. The van der Waals surface area contributed by atoms with Crippen LogP contribution < -0.4 is 0 Å². The Morgan fingerprint density at radius 1 is 1.25 bits per heavy atom. The van der Waals surface area contributed by atoms with Crippen molar-refractivity contribution in [3.63, 3.8) is 0 Å². The highest BCUT2D eigenvalue weighted by Crippen LogP contribution is 2.26. The zero-order valence-corrected chi connectivity index (χ0v) is 9.01. The molecule has 2 nitrogen and oxygen atoms in total. The predicted octanol–water partition coefficient (Wildman–Crippen LogP) is 2.42. The Morgan fingerprint density at radius 2 is 1.88 bits per heavy atom. The molecule has 16 heavy (non-hydrogen) atoms. The Morgan fingerprint density at radius 3 is 2.44 bits per heavy atom. The van der Waals surface area contributed by atoms with Crippen LogP contribution in [0.5, 0.6) is 0 Å². The Balaban J connectivity index is 3.00. The molecule has 0 fully saturated rings. The van der Waals surface area contributed by atoms with E-state index in [1.54, 1.807) is 6.92 Å². The van der Waals surface area contributed by atoms with Crippen molar-refractivity contribution < 1.29 is 23.0 Å². The number of rotatable bonds is 4. The Labute approximate surface area is 91.7 Å². The summed E-state index contributed by atoms with van der Waals surface area (Å²) in [5, 5.41) is 9.71. The maximum absolute atomic E-state index is 13.3. The van der Waals surface area contributed by atoms with Crippen LogP contribution in [0.2, 0.25) is 0 Å². The second-order valence-corrected chi connectivity index (χ2v) is 3.64. The summed E-state index contributed by atoms with van der Waals surface area (Å²) in [6.45, 7) is 1.81. The largest absolute Gasteiger partial charge is 0.388 e. The molecule has 1 rings (SSSR count). The van der Waals surface area contributed by atoms with Crippen molar-refractivity contribution in [2.24, 2.45) is 5.92 Å². The van der Waals surface area contributed by atoms with E-state index in [2.05, 4.69) is 0 Å². The van der Waals surface area contributed by atoms with Gasteiger partial charge in [0, 0.05) is 18.6 Å². The highest BCUT2D eigenvalue weighted by Gasteiger charge is 2.23. The lowest BCUT2D eigenvalue weighted by Gasteiger charge is -2.19. The second-order valence-electron chi connectivity index (χ2n) is 3.64. The molecule has 0 spiro atoms. The molecule has 0 aliphatic carbocycles. The average Bonchev–Trinajstić information content (AvgIpc) is 2.26. The Bertz CT molecular complexity index is 368. The molecule has 0 heterocycles. The van der Waals surface area contributed by atoms with E-state index >= 15 is 0 Å². The molecule has 0 bridgehead atoms. The molecule has 2 atom stereocenters. The monoisotopic (exact) mass is 234 g/mol. The van der Waals surface area contributed by atoms with E-state index in [0.29, 0.717) is 0 Å². The topological polar surface area (TPSA) is 29.5 Å². The minimum Gasteiger partial charge on any atom is -0.388 e. The summed E-state index contributed by atoms with van der Waals surface area (Å²) in [5.41, 5.74) is -0.261. The van der Waals surface area contributed by atoms with Gasteiger partial charge in [-0.3, -0.25) is 0 Å². The number of benzene rings is 1. The minimum absolute atomic E-state index is 0.194. The zero-order chi connectivity index (χ0) is 12.3. The van der Waals surface area contributed by atoms with Crippen LogP contribution in [0.4, 0.5) is 13.2 Å². The van der Waals surface area contributed by atoms with Crippen LogP contribution in [0.1, 0.15) is 18.6 Å². The van der Waals surface area contributed by atoms with Gasteiger partial charge in [0.2, 0.25) is 0 Å². The van der Waals surface area contributed by atoms with Crippen molar-refractivity contribution >= 4 is 0 Å². The first-order valence-electron chi connectivity index (χ1n) is 4.79. The lowest BCUT2D eigenvalue weighted by molar-refractivity contribution is 0.0539. The SMILES string of the molecule is COCC(C)C(O)c1ccc(F)c(F)c1F. The molecule has 1 aromatic rings. The fourth-order valence-corrected chi connectivity index (χ4v) is 1.43. The van der Waals surface area contributed by atoms with Crippen LogP contribution in [0.15, 0.2) is 12.1 Å². The second kappa shape index (κ2) is 5.32. The molecular formula is C11H13F3O2. The molecule has 1 N–H and O–H groups in total. The summed E-state index contributed by atoms with van der Waals surface area (Å²) in [5.74, 6) is -4.60. The first kappa shape index (κ1) is 13.0. The Hall–Kier alpha value is -1.07. The first-order valence-corrected chi connectivity index (χ1v) is 4.79. The first-order chi connectivity index (χ1) is 7.49. The van der Waals surface area contributed by atoms with Crippen molar-refractivity contribution in [1.29, 1.82) is 0 Å². The summed E-state index contributed by atoms with van der Waals surface area (Å²) in [6.07, 6.45) is -1.23. The summed E-state index contributed by atoms with van der Waals surface area (Å²) in [4.78, 5) is 0. The van der Waals surface area contributed by atoms with Crippen LogP contribution >= 0.6 is 0 Å². The van der Waals surface area contributed by atoms with Gasteiger partial charge in [-0.05, 0) is 6.07 Å². The number of hydrogen-bond acceptors (Lipinski definition) is 2. The van der Waals surface area contributed by atoms with Gasteiger partial charge < -0.3 is 9.84 Å². The lowest BCUT2D eigenvalue weighted by atomic mass is 9.97. The van der Waals surface area contributed by atoms with E-state index in [1.807, 2.05) is 0 Å². The smallest absolute Gasteiger partial charge is 0.194 e. The number of ether oxygens (including phenoxy) is 1. The molecule has 0 saturated carbocycles. The summed E-state index contributed by atoms with van der Waals surface area (Å²) in [7, 11) is 1.44. The van der Waals surface area contributed by atoms with Gasteiger partial charge in [0.1, 0.15) is 0 Å². The third-order valence-corrected chi connectivity index (χ3v) is 2.35. The van der Waals surface area contributed by atoms with E-state index in [1.165, 1.54) is 7.11 Å². The molecule has 0 radical (unpaired) electrons. The fraction of sp³-hybridized carbons (Fsp3) is 0.455. The van der Waals surface area contributed by atoms with Crippen LogP contribution in [-0.2, 0) is 4.74 Å². The maximum atomic E-state index is 13.3. The van der Waals surface area contributed by atoms with Crippen LogP contribution in [0.3, 0.4) is 0 Å². The number of methoxy groups -OCH3 is 1. The average molecular weight is 234 g/mol. The fourth-order valence-electron chi connectivity index (χ4n) is 1.43. The minimum atomic E-state index is -1.57. The summed E-state index contributed by atoms with van der Waals surface area (Å²) >= 11 is 0. The molecule has 0 aromatic heterocycles. The van der Waals surface area contributed by atoms with Gasteiger partial charge in [0.15, 0.2) is 17.5 Å². The number of hydrogen-bond donors (Lipinski definition) is 1. The van der Waals surface area contributed by atoms with Crippen molar-refractivity contribution in [2.45, 2.75) is 13.0 Å². The van der Waals surface area contributed by atoms with E-state index < -0.39 is 29.5 Å². The molecule has 0 aliphatic rings. The van der Waals surface area contributed by atoms with Crippen molar-refractivity contribution in [2.75, 3.05) is 13.7 Å². The van der Waals surface area contributed by atoms with Crippen LogP contribution in [-0.4, -0.2) is 18.8 Å². The van der Waals surface area contributed by atoms with Gasteiger partial charge >= 0.3 is 0 Å². The maximum Gasteiger partial charge on any atom is 0.194 e.